The number of aryl methyl sites for hydroxylation is 1. The third-order valence-electron chi connectivity index (χ3n) is 4.04. The lowest BCUT2D eigenvalue weighted by atomic mass is 9.92. The zero-order valence-electron chi connectivity index (χ0n) is 11.9. The molecule has 1 fully saturated rings. The monoisotopic (exact) mass is 276 g/mol. The molecule has 0 spiro atoms. The zero-order chi connectivity index (χ0) is 14.1. The topological polar surface area (TPSA) is 56.4 Å². The molecule has 108 valence electrons. The highest BCUT2D eigenvalue weighted by molar-refractivity contribution is 5.73. The standard InChI is InChI=1S/C15H20N2O3/c1-3-16-14(11-6-7-19-9-11)10-4-5-12-13(8-10)20-15(18)17(12)2/h4-5,8,11,14,16H,3,6-7,9H2,1-2H3. The van der Waals surface area contributed by atoms with E-state index < -0.39 is 0 Å². The molecule has 1 N–H and O–H groups in total. The van der Waals surface area contributed by atoms with E-state index in [-0.39, 0.29) is 11.8 Å². The second-order valence-electron chi connectivity index (χ2n) is 5.31. The first-order valence-corrected chi connectivity index (χ1v) is 7.11. The second-order valence-corrected chi connectivity index (χ2v) is 5.31. The fraction of sp³-hybridized carbons (Fsp3) is 0.533. The normalized spacial score (nSPS) is 20.6. The Morgan fingerprint density at radius 2 is 2.35 bits per heavy atom. The van der Waals surface area contributed by atoms with Crippen LogP contribution >= 0.6 is 0 Å². The molecule has 1 aromatic heterocycles. The van der Waals surface area contributed by atoms with Crippen LogP contribution in [0.5, 0.6) is 0 Å². The summed E-state index contributed by atoms with van der Waals surface area (Å²) in [6.07, 6.45) is 1.06. The molecule has 0 saturated carbocycles. The van der Waals surface area contributed by atoms with Crippen molar-refractivity contribution in [2.24, 2.45) is 13.0 Å². The fourth-order valence-electron chi connectivity index (χ4n) is 2.94. The Balaban J connectivity index is 1.99. The summed E-state index contributed by atoms with van der Waals surface area (Å²) in [7, 11) is 1.72. The molecule has 1 aliphatic rings. The number of nitrogens with zero attached hydrogens (tertiary/aromatic N) is 1. The van der Waals surface area contributed by atoms with Gasteiger partial charge in [-0.3, -0.25) is 4.57 Å². The smallest absolute Gasteiger partial charge is 0.408 e. The van der Waals surface area contributed by atoms with Crippen LogP contribution in [-0.2, 0) is 11.8 Å². The van der Waals surface area contributed by atoms with Gasteiger partial charge in [-0.2, -0.15) is 0 Å². The van der Waals surface area contributed by atoms with Gasteiger partial charge in [-0.25, -0.2) is 4.79 Å². The predicted molar refractivity (Wildman–Crippen MR) is 76.8 cm³/mol. The van der Waals surface area contributed by atoms with Crippen LogP contribution in [0.25, 0.3) is 11.1 Å². The molecule has 1 aromatic carbocycles. The Morgan fingerprint density at radius 1 is 1.50 bits per heavy atom. The first-order valence-electron chi connectivity index (χ1n) is 7.11. The lowest BCUT2D eigenvalue weighted by Crippen LogP contribution is -2.28. The molecule has 5 nitrogen and oxygen atoms in total. The van der Waals surface area contributed by atoms with E-state index in [2.05, 4.69) is 18.3 Å². The molecule has 2 heterocycles. The van der Waals surface area contributed by atoms with Crippen molar-refractivity contribution in [2.45, 2.75) is 19.4 Å². The van der Waals surface area contributed by atoms with Crippen LogP contribution in [-0.4, -0.2) is 24.3 Å². The number of benzene rings is 1. The van der Waals surface area contributed by atoms with Crippen molar-refractivity contribution in [3.63, 3.8) is 0 Å². The van der Waals surface area contributed by atoms with Gasteiger partial charge in [-0.15, -0.1) is 0 Å². The van der Waals surface area contributed by atoms with E-state index in [1.54, 1.807) is 7.05 Å². The van der Waals surface area contributed by atoms with E-state index >= 15 is 0 Å². The molecule has 0 amide bonds. The number of rotatable bonds is 4. The van der Waals surface area contributed by atoms with Gasteiger partial charge < -0.3 is 14.5 Å². The predicted octanol–water partition coefficient (Wildman–Crippen LogP) is 1.82. The van der Waals surface area contributed by atoms with Crippen molar-refractivity contribution in [3.8, 4) is 0 Å². The molecule has 2 atom stereocenters. The van der Waals surface area contributed by atoms with Gasteiger partial charge in [0.1, 0.15) is 0 Å². The maximum atomic E-state index is 11.6. The Hall–Kier alpha value is -1.59. The Bertz CT molecular complexity index is 653. The molecule has 1 aliphatic heterocycles. The molecule has 5 heteroatoms. The average molecular weight is 276 g/mol. The summed E-state index contributed by atoms with van der Waals surface area (Å²) in [5.74, 6) is 0.157. The van der Waals surface area contributed by atoms with Crippen molar-refractivity contribution in [1.29, 1.82) is 0 Å². The Labute approximate surface area is 117 Å². The minimum absolute atomic E-state index is 0.248. The molecular weight excluding hydrogens is 256 g/mol. The van der Waals surface area contributed by atoms with E-state index in [4.69, 9.17) is 9.15 Å². The van der Waals surface area contributed by atoms with Crippen molar-refractivity contribution < 1.29 is 9.15 Å². The summed E-state index contributed by atoms with van der Waals surface area (Å²) in [4.78, 5) is 11.6. The van der Waals surface area contributed by atoms with Gasteiger partial charge in [-0.05, 0) is 30.7 Å². The van der Waals surface area contributed by atoms with Gasteiger partial charge >= 0.3 is 5.76 Å². The summed E-state index contributed by atoms with van der Waals surface area (Å²) < 4.78 is 12.3. The largest absolute Gasteiger partial charge is 0.419 e. The van der Waals surface area contributed by atoms with E-state index in [1.807, 2.05) is 12.1 Å². The SMILES string of the molecule is CCNC(c1ccc2c(c1)oc(=O)n2C)C1CCOC1. The maximum Gasteiger partial charge on any atom is 0.419 e. The van der Waals surface area contributed by atoms with Gasteiger partial charge in [0.15, 0.2) is 5.58 Å². The molecule has 0 radical (unpaired) electrons. The summed E-state index contributed by atoms with van der Waals surface area (Å²) in [6, 6.07) is 6.25. The minimum Gasteiger partial charge on any atom is -0.408 e. The number of ether oxygens (including phenoxy) is 1. The van der Waals surface area contributed by atoms with Crippen molar-refractivity contribution in [2.75, 3.05) is 19.8 Å². The molecule has 20 heavy (non-hydrogen) atoms. The molecule has 3 rings (SSSR count). The minimum atomic E-state index is -0.318. The summed E-state index contributed by atoms with van der Waals surface area (Å²) in [5.41, 5.74) is 2.64. The molecule has 1 saturated heterocycles. The quantitative estimate of drug-likeness (QED) is 0.925. The second kappa shape index (κ2) is 5.42. The number of aromatic nitrogens is 1. The van der Waals surface area contributed by atoms with Crippen LogP contribution in [0.4, 0.5) is 0 Å². The summed E-state index contributed by atoms with van der Waals surface area (Å²) >= 11 is 0. The first kappa shape index (κ1) is 13.4. The van der Waals surface area contributed by atoms with Crippen LogP contribution in [0.15, 0.2) is 27.4 Å². The van der Waals surface area contributed by atoms with Crippen molar-refractivity contribution in [3.05, 3.63) is 34.3 Å². The van der Waals surface area contributed by atoms with E-state index in [1.165, 1.54) is 4.57 Å². The van der Waals surface area contributed by atoms with Gasteiger partial charge in [0.05, 0.1) is 12.1 Å². The van der Waals surface area contributed by atoms with Gasteiger partial charge in [0, 0.05) is 25.6 Å². The van der Waals surface area contributed by atoms with Crippen LogP contribution in [0.3, 0.4) is 0 Å². The van der Waals surface area contributed by atoms with E-state index in [0.29, 0.717) is 11.5 Å². The Morgan fingerprint density at radius 3 is 3.05 bits per heavy atom. The maximum absolute atomic E-state index is 11.6. The average Bonchev–Trinajstić information content (AvgIpc) is 3.06. The van der Waals surface area contributed by atoms with Crippen LogP contribution in [0, 0.1) is 5.92 Å². The first-order chi connectivity index (χ1) is 9.70. The molecule has 0 bridgehead atoms. The number of oxazole rings is 1. The van der Waals surface area contributed by atoms with Gasteiger partial charge in [0.2, 0.25) is 0 Å². The highest BCUT2D eigenvalue weighted by Gasteiger charge is 2.26. The van der Waals surface area contributed by atoms with Gasteiger partial charge in [0.25, 0.3) is 0 Å². The van der Waals surface area contributed by atoms with Crippen molar-refractivity contribution in [1.82, 2.24) is 9.88 Å². The number of hydrogen-bond acceptors (Lipinski definition) is 4. The third-order valence-corrected chi connectivity index (χ3v) is 4.04. The molecule has 0 aliphatic carbocycles. The zero-order valence-corrected chi connectivity index (χ0v) is 11.9. The summed E-state index contributed by atoms with van der Waals surface area (Å²) in [6.45, 7) is 4.62. The highest BCUT2D eigenvalue weighted by Crippen LogP contribution is 2.30. The highest BCUT2D eigenvalue weighted by atomic mass is 16.5. The van der Waals surface area contributed by atoms with Crippen LogP contribution in [0.2, 0.25) is 0 Å². The third kappa shape index (κ3) is 2.27. The summed E-state index contributed by atoms with van der Waals surface area (Å²) in [5, 5.41) is 3.52. The van der Waals surface area contributed by atoms with E-state index in [0.717, 1.165) is 37.3 Å². The van der Waals surface area contributed by atoms with E-state index in [9.17, 15) is 4.79 Å². The van der Waals surface area contributed by atoms with Crippen LogP contribution < -0.4 is 11.1 Å². The number of hydrogen-bond donors (Lipinski definition) is 1. The Kier molecular flexibility index (Phi) is 3.63. The lowest BCUT2D eigenvalue weighted by molar-refractivity contribution is 0.177. The molecular formula is C15H20N2O3. The number of fused-ring (bicyclic) bond motifs is 1. The lowest BCUT2D eigenvalue weighted by Gasteiger charge is -2.23. The van der Waals surface area contributed by atoms with Crippen molar-refractivity contribution >= 4 is 11.1 Å². The molecule has 2 aromatic rings. The van der Waals surface area contributed by atoms with Gasteiger partial charge in [-0.1, -0.05) is 13.0 Å². The van der Waals surface area contributed by atoms with Crippen LogP contribution in [0.1, 0.15) is 24.9 Å². The fourth-order valence-corrected chi connectivity index (χ4v) is 2.94. The number of nitrogens with one attached hydrogen (secondary N) is 1. The molecule has 2 unspecified atom stereocenters.